The summed E-state index contributed by atoms with van der Waals surface area (Å²) in [5.74, 6) is 0.199. The first-order chi connectivity index (χ1) is 6.74. The molecule has 0 saturated carbocycles. The maximum absolute atomic E-state index is 11.5. The second-order valence-corrected chi connectivity index (χ2v) is 3.87. The van der Waals surface area contributed by atoms with Crippen molar-refractivity contribution in [1.29, 1.82) is 0 Å². The average molecular weight is 217 g/mol. The van der Waals surface area contributed by atoms with Gasteiger partial charge in [0.05, 0.1) is 6.54 Å². The van der Waals surface area contributed by atoms with Gasteiger partial charge in [0.1, 0.15) is 0 Å². The minimum absolute atomic E-state index is 0.199. The van der Waals surface area contributed by atoms with E-state index < -0.39 is 0 Å². The molecule has 0 spiro atoms. The smallest absolute Gasteiger partial charge is 0.236 e. The maximum Gasteiger partial charge on any atom is 0.236 e. The number of nitrogens with one attached hydrogen (secondary N) is 1. The van der Waals surface area contributed by atoms with Gasteiger partial charge >= 0.3 is 0 Å². The number of carbonyl (C=O) groups excluding carboxylic acids is 1. The Morgan fingerprint density at radius 2 is 2.07 bits per heavy atom. The Labute approximate surface area is 90.1 Å². The van der Waals surface area contributed by atoms with E-state index in [-0.39, 0.29) is 5.91 Å². The fourth-order valence-corrected chi connectivity index (χ4v) is 1.56. The van der Waals surface area contributed by atoms with Gasteiger partial charge in [0.2, 0.25) is 5.91 Å². The number of carbonyl (C=O) groups is 1. The van der Waals surface area contributed by atoms with Gasteiger partial charge in [0, 0.05) is 25.2 Å². The first-order valence-corrected chi connectivity index (χ1v) is 5.42. The Balaban J connectivity index is 2.14. The minimum Gasteiger partial charge on any atom is -0.342 e. The van der Waals surface area contributed by atoms with Gasteiger partial charge in [-0.1, -0.05) is 11.6 Å². The fourth-order valence-electron chi connectivity index (χ4n) is 1.48. The molecule has 0 atom stereocenters. The van der Waals surface area contributed by atoms with E-state index in [1.54, 1.807) is 0 Å². The second-order valence-electron chi connectivity index (χ2n) is 3.65. The topological polar surface area (TPSA) is 32.3 Å². The molecule has 0 unspecified atom stereocenters. The van der Waals surface area contributed by atoms with Crippen molar-refractivity contribution in [2.24, 2.45) is 0 Å². The molecule has 0 aromatic rings. The van der Waals surface area contributed by atoms with E-state index in [1.165, 1.54) is 5.54 Å². The number of halogens is 1. The lowest BCUT2D eigenvalue weighted by Crippen LogP contribution is -2.36. The lowest BCUT2D eigenvalue weighted by molar-refractivity contribution is -0.129. The van der Waals surface area contributed by atoms with Crippen molar-refractivity contribution >= 4 is 17.5 Å². The van der Waals surface area contributed by atoms with Gasteiger partial charge in [0.15, 0.2) is 0 Å². The third-order valence-electron chi connectivity index (χ3n) is 2.33. The lowest BCUT2D eigenvalue weighted by atomic mass is 10.3. The molecule has 14 heavy (non-hydrogen) atoms. The predicted molar refractivity (Wildman–Crippen MR) is 58.3 cm³/mol. The van der Waals surface area contributed by atoms with Crippen LogP contribution in [0.1, 0.15) is 19.8 Å². The highest BCUT2D eigenvalue weighted by Gasteiger charge is 2.16. The Morgan fingerprint density at radius 3 is 2.64 bits per heavy atom. The normalized spacial score (nSPS) is 17.6. The van der Waals surface area contributed by atoms with Gasteiger partial charge in [-0.25, -0.2) is 0 Å². The van der Waals surface area contributed by atoms with Crippen LogP contribution in [0.25, 0.3) is 0 Å². The van der Waals surface area contributed by atoms with E-state index >= 15 is 0 Å². The Bertz CT molecular complexity index is 222. The molecular weight excluding hydrogens is 200 g/mol. The zero-order valence-corrected chi connectivity index (χ0v) is 9.31. The molecule has 4 heteroatoms. The molecule has 80 valence electrons. The quantitative estimate of drug-likeness (QED) is 0.770. The summed E-state index contributed by atoms with van der Waals surface area (Å²) in [7, 11) is 0. The molecule has 0 aliphatic carbocycles. The van der Waals surface area contributed by atoms with Crippen molar-refractivity contribution in [2.75, 3.05) is 26.2 Å². The van der Waals surface area contributed by atoms with E-state index in [0.29, 0.717) is 13.1 Å². The Hall–Kier alpha value is -0.540. The van der Waals surface area contributed by atoms with Gasteiger partial charge in [0.25, 0.3) is 0 Å². The average Bonchev–Trinajstić information content (AvgIpc) is 2.70. The van der Waals surface area contributed by atoms with Crippen LogP contribution >= 0.6 is 11.6 Å². The van der Waals surface area contributed by atoms with Crippen molar-refractivity contribution in [3.05, 3.63) is 11.1 Å². The van der Waals surface area contributed by atoms with Crippen LogP contribution in [0.4, 0.5) is 0 Å². The van der Waals surface area contributed by atoms with Crippen molar-refractivity contribution in [1.82, 2.24) is 10.2 Å². The number of hydrogen-bond donors (Lipinski definition) is 1. The van der Waals surface area contributed by atoms with Crippen LogP contribution in [0.2, 0.25) is 0 Å². The summed E-state index contributed by atoms with van der Waals surface area (Å²) in [4.78, 5) is 13.4. The Kier molecular flexibility index (Phi) is 4.98. The van der Waals surface area contributed by atoms with E-state index in [9.17, 15) is 4.79 Å². The molecule has 0 radical (unpaired) electrons. The Morgan fingerprint density at radius 1 is 1.43 bits per heavy atom. The van der Waals surface area contributed by atoms with Crippen molar-refractivity contribution < 1.29 is 4.79 Å². The second kappa shape index (κ2) is 6.04. The molecule has 1 amide bonds. The summed E-state index contributed by atoms with van der Waals surface area (Å²) in [6.07, 6.45) is 2.29. The zero-order valence-electron chi connectivity index (χ0n) is 8.55. The van der Waals surface area contributed by atoms with E-state index in [4.69, 9.17) is 11.6 Å². The van der Waals surface area contributed by atoms with Gasteiger partial charge in [-0.2, -0.15) is 0 Å². The SMILES string of the molecule is CC(=CCl)CNCC(=O)N1CCCC1. The minimum atomic E-state index is 0.199. The molecule has 0 aromatic heterocycles. The highest BCUT2D eigenvalue weighted by Crippen LogP contribution is 2.06. The molecule has 3 nitrogen and oxygen atoms in total. The molecule has 1 saturated heterocycles. The lowest BCUT2D eigenvalue weighted by Gasteiger charge is -2.15. The molecule has 1 rings (SSSR count). The molecule has 1 heterocycles. The van der Waals surface area contributed by atoms with Crippen molar-refractivity contribution in [3.63, 3.8) is 0 Å². The van der Waals surface area contributed by atoms with Gasteiger partial charge in [-0.15, -0.1) is 0 Å². The number of nitrogens with zero attached hydrogens (tertiary/aromatic N) is 1. The number of hydrogen-bond acceptors (Lipinski definition) is 2. The van der Waals surface area contributed by atoms with Crippen molar-refractivity contribution in [3.8, 4) is 0 Å². The molecule has 1 aliphatic rings. The number of amides is 1. The van der Waals surface area contributed by atoms with Crippen LogP contribution < -0.4 is 5.32 Å². The van der Waals surface area contributed by atoms with Crippen molar-refractivity contribution in [2.45, 2.75) is 19.8 Å². The van der Waals surface area contributed by atoms with Crippen LogP contribution in [0.3, 0.4) is 0 Å². The van der Waals surface area contributed by atoms with E-state index in [0.717, 1.165) is 31.5 Å². The summed E-state index contributed by atoms with van der Waals surface area (Å²) >= 11 is 5.50. The third kappa shape index (κ3) is 3.68. The first kappa shape index (κ1) is 11.5. The summed E-state index contributed by atoms with van der Waals surface area (Å²) in [6, 6.07) is 0. The maximum atomic E-state index is 11.5. The highest BCUT2D eigenvalue weighted by molar-refractivity contribution is 6.25. The summed E-state index contributed by atoms with van der Waals surface area (Å²) in [6.45, 7) is 4.88. The van der Waals surface area contributed by atoms with Crippen LogP contribution in [-0.2, 0) is 4.79 Å². The first-order valence-electron chi connectivity index (χ1n) is 4.98. The zero-order chi connectivity index (χ0) is 10.4. The summed E-state index contributed by atoms with van der Waals surface area (Å²) in [5.41, 5.74) is 2.58. The van der Waals surface area contributed by atoms with Crippen LogP contribution in [0.15, 0.2) is 11.1 Å². The van der Waals surface area contributed by atoms with E-state index in [2.05, 4.69) is 5.32 Å². The number of rotatable bonds is 4. The van der Waals surface area contributed by atoms with Gasteiger partial charge < -0.3 is 10.2 Å². The van der Waals surface area contributed by atoms with Crippen LogP contribution in [0.5, 0.6) is 0 Å². The standard InChI is InChI=1S/C10H17ClN2O/c1-9(6-11)7-12-8-10(14)13-4-2-3-5-13/h6,12H,2-5,7-8H2,1H3. The molecular formula is C10H17ClN2O. The van der Waals surface area contributed by atoms with Gasteiger partial charge in [-0.05, 0) is 25.3 Å². The molecule has 1 N–H and O–H groups in total. The number of likely N-dealkylation sites (tertiary alicyclic amines) is 1. The molecule has 0 bridgehead atoms. The molecule has 1 aliphatic heterocycles. The molecule has 0 aromatic carbocycles. The summed E-state index contributed by atoms with van der Waals surface area (Å²) in [5, 5.41) is 3.07. The fraction of sp³-hybridized carbons (Fsp3) is 0.700. The summed E-state index contributed by atoms with van der Waals surface area (Å²) < 4.78 is 0. The van der Waals surface area contributed by atoms with Crippen LogP contribution in [-0.4, -0.2) is 37.0 Å². The monoisotopic (exact) mass is 216 g/mol. The molecule has 1 fully saturated rings. The van der Waals surface area contributed by atoms with Crippen LogP contribution in [0, 0.1) is 0 Å². The highest BCUT2D eigenvalue weighted by atomic mass is 35.5. The van der Waals surface area contributed by atoms with Gasteiger partial charge in [-0.3, -0.25) is 4.79 Å². The van der Waals surface area contributed by atoms with E-state index in [1.807, 2.05) is 11.8 Å². The largest absolute Gasteiger partial charge is 0.342 e. The predicted octanol–water partition coefficient (Wildman–Crippen LogP) is 1.34. The third-order valence-corrected chi connectivity index (χ3v) is 2.70.